The first-order chi connectivity index (χ1) is 15.4. The largest absolute Gasteiger partial charge is 0.452 e. The minimum Gasteiger partial charge on any atom is -0.452 e. The van der Waals surface area contributed by atoms with Crippen LogP contribution in [-0.4, -0.2) is 9.38 Å². The molecule has 0 atom stereocenters. The van der Waals surface area contributed by atoms with Crippen LogP contribution in [0.4, 0.5) is 0 Å². The van der Waals surface area contributed by atoms with E-state index < -0.39 is 0 Å². The third kappa shape index (κ3) is 1.75. The molecule has 0 amide bonds. The molecule has 0 saturated carbocycles. The molecule has 4 nitrogen and oxygen atoms in total. The fourth-order valence-electron chi connectivity index (χ4n) is 5.22. The second kappa shape index (κ2) is 5.24. The van der Waals surface area contributed by atoms with Gasteiger partial charge in [-0.1, -0.05) is 60.7 Å². The van der Waals surface area contributed by atoms with Gasteiger partial charge in [0, 0.05) is 39.3 Å². The quantitative estimate of drug-likeness (QED) is 0.249. The molecule has 4 aromatic heterocycles. The molecular formula is C27H14N2O2. The highest BCUT2D eigenvalue weighted by Gasteiger charge is 2.24. The molecule has 0 N–H and O–H groups in total. The van der Waals surface area contributed by atoms with Crippen molar-refractivity contribution in [1.29, 1.82) is 0 Å². The smallest absolute Gasteiger partial charge is 0.180 e. The number of pyridine rings is 1. The maximum absolute atomic E-state index is 6.43. The zero-order valence-corrected chi connectivity index (χ0v) is 16.3. The molecule has 0 aliphatic carbocycles. The van der Waals surface area contributed by atoms with Crippen molar-refractivity contribution in [3.63, 3.8) is 0 Å². The number of imidazole rings is 1. The fraction of sp³-hybridized carbons (Fsp3) is 0. The van der Waals surface area contributed by atoms with Crippen LogP contribution in [0.1, 0.15) is 0 Å². The number of aromatic nitrogens is 2. The summed E-state index contributed by atoms with van der Waals surface area (Å²) in [5.41, 5.74) is 5.34. The molecule has 0 unspecified atom stereocenters. The number of fused-ring (bicyclic) bond motifs is 15. The van der Waals surface area contributed by atoms with Gasteiger partial charge in [0.15, 0.2) is 11.2 Å². The Morgan fingerprint density at radius 2 is 1.16 bits per heavy atom. The molecule has 31 heavy (non-hydrogen) atoms. The number of furan rings is 2. The van der Waals surface area contributed by atoms with E-state index in [9.17, 15) is 0 Å². The molecule has 4 aromatic carbocycles. The molecule has 0 fully saturated rings. The van der Waals surface area contributed by atoms with Gasteiger partial charge in [0.1, 0.15) is 16.8 Å². The highest BCUT2D eigenvalue weighted by Crippen LogP contribution is 2.46. The van der Waals surface area contributed by atoms with E-state index in [0.717, 1.165) is 60.4 Å². The Kier molecular flexibility index (Phi) is 2.62. The van der Waals surface area contributed by atoms with E-state index in [1.807, 2.05) is 36.7 Å². The van der Waals surface area contributed by atoms with Gasteiger partial charge in [-0.3, -0.25) is 4.40 Å². The third-order valence-corrected chi connectivity index (χ3v) is 6.44. The zero-order chi connectivity index (χ0) is 20.1. The van der Waals surface area contributed by atoms with Crippen molar-refractivity contribution in [2.75, 3.05) is 0 Å². The highest BCUT2D eigenvalue weighted by molar-refractivity contribution is 6.37. The summed E-state index contributed by atoms with van der Waals surface area (Å²) in [5.74, 6) is 0. The number of para-hydroxylation sites is 2. The van der Waals surface area contributed by atoms with E-state index in [4.69, 9.17) is 13.8 Å². The van der Waals surface area contributed by atoms with Crippen LogP contribution in [0.25, 0.3) is 71.2 Å². The molecule has 0 bridgehead atoms. The Balaban J connectivity index is 1.89. The summed E-state index contributed by atoms with van der Waals surface area (Å²) in [6.45, 7) is 0. The number of rotatable bonds is 0. The monoisotopic (exact) mass is 398 g/mol. The average Bonchev–Trinajstić information content (AvgIpc) is 3.53. The Morgan fingerprint density at radius 3 is 1.90 bits per heavy atom. The topological polar surface area (TPSA) is 43.6 Å². The van der Waals surface area contributed by atoms with Crippen LogP contribution in [0.3, 0.4) is 0 Å². The van der Waals surface area contributed by atoms with Crippen LogP contribution in [0.2, 0.25) is 0 Å². The molecule has 144 valence electrons. The lowest BCUT2D eigenvalue weighted by Crippen LogP contribution is -1.92. The number of hydrogen-bond acceptors (Lipinski definition) is 3. The van der Waals surface area contributed by atoms with Gasteiger partial charge < -0.3 is 8.83 Å². The normalized spacial score (nSPS) is 12.5. The molecular weight excluding hydrogens is 384 g/mol. The Morgan fingerprint density at radius 1 is 0.581 bits per heavy atom. The van der Waals surface area contributed by atoms with Crippen LogP contribution in [0, 0.1) is 0 Å². The Bertz CT molecular complexity index is 2000. The van der Waals surface area contributed by atoms with Crippen molar-refractivity contribution in [2.45, 2.75) is 0 Å². The van der Waals surface area contributed by atoms with Gasteiger partial charge in [-0.25, -0.2) is 4.98 Å². The van der Waals surface area contributed by atoms with E-state index in [0.29, 0.717) is 0 Å². The minimum atomic E-state index is 0.783. The lowest BCUT2D eigenvalue weighted by Gasteiger charge is -2.11. The maximum atomic E-state index is 6.43. The summed E-state index contributed by atoms with van der Waals surface area (Å²) in [6.07, 6.45) is 3.91. The van der Waals surface area contributed by atoms with Crippen molar-refractivity contribution < 1.29 is 8.83 Å². The van der Waals surface area contributed by atoms with E-state index in [1.165, 1.54) is 10.8 Å². The van der Waals surface area contributed by atoms with E-state index in [-0.39, 0.29) is 0 Å². The minimum absolute atomic E-state index is 0.783. The van der Waals surface area contributed by atoms with Crippen LogP contribution in [-0.2, 0) is 0 Å². The maximum Gasteiger partial charge on any atom is 0.180 e. The number of benzene rings is 4. The molecule has 0 radical (unpaired) electrons. The summed E-state index contributed by atoms with van der Waals surface area (Å²) in [4.78, 5) is 4.71. The molecule has 8 aromatic rings. The lowest BCUT2D eigenvalue weighted by molar-refractivity contribution is 0.633. The summed E-state index contributed by atoms with van der Waals surface area (Å²) in [6, 6.07) is 24.9. The van der Waals surface area contributed by atoms with Crippen LogP contribution in [0.15, 0.2) is 94.0 Å². The number of hydrogen-bond donors (Lipinski definition) is 0. The molecule has 0 aliphatic rings. The van der Waals surface area contributed by atoms with Crippen molar-refractivity contribution in [2.24, 2.45) is 0 Å². The summed E-state index contributed by atoms with van der Waals surface area (Å²) < 4.78 is 15.0. The van der Waals surface area contributed by atoms with Crippen LogP contribution in [0.5, 0.6) is 0 Å². The first-order valence-corrected chi connectivity index (χ1v) is 10.3. The summed E-state index contributed by atoms with van der Waals surface area (Å²) in [5, 5.41) is 7.78. The molecule has 0 aliphatic heterocycles. The van der Waals surface area contributed by atoms with Crippen LogP contribution < -0.4 is 0 Å². The predicted molar refractivity (Wildman–Crippen MR) is 125 cm³/mol. The van der Waals surface area contributed by atoms with Crippen LogP contribution >= 0.6 is 0 Å². The van der Waals surface area contributed by atoms with Gasteiger partial charge in [0.25, 0.3) is 0 Å². The van der Waals surface area contributed by atoms with E-state index >= 15 is 0 Å². The fourth-order valence-corrected chi connectivity index (χ4v) is 5.22. The van der Waals surface area contributed by atoms with Crippen molar-refractivity contribution in [1.82, 2.24) is 9.38 Å². The van der Waals surface area contributed by atoms with Gasteiger partial charge in [0.2, 0.25) is 0 Å². The van der Waals surface area contributed by atoms with Gasteiger partial charge in [-0.15, -0.1) is 0 Å². The standard InChI is InChI=1S/C27H14N2O2/c1-2-8-16-15(7-1)21-22-17-9-3-5-11-19(17)30-25(22)26-23(18-10-4-6-12-20(18)31-26)24(21)29-14-13-28-27(16)29/h1-14H. The Hall–Kier alpha value is -4.31. The third-order valence-electron chi connectivity index (χ3n) is 6.44. The molecule has 0 saturated heterocycles. The summed E-state index contributed by atoms with van der Waals surface area (Å²) >= 11 is 0. The highest BCUT2D eigenvalue weighted by atomic mass is 16.4. The van der Waals surface area contributed by atoms with Crippen molar-refractivity contribution in [3.05, 3.63) is 85.2 Å². The van der Waals surface area contributed by atoms with Crippen molar-refractivity contribution in [3.8, 4) is 0 Å². The summed E-state index contributed by atoms with van der Waals surface area (Å²) in [7, 11) is 0. The zero-order valence-electron chi connectivity index (χ0n) is 16.3. The van der Waals surface area contributed by atoms with Gasteiger partial charge in [0.05, 0.1) is 10.9 Å². The molecule has 8 rings (SSSR count). The second-order valence-electron chi connectivity index (χ2n) is 7.99. The van der Waals surface area contributed by atoms with Crippen molar-refractivity contribution >= 4 is 71.2 Å². The predicted octanol–water partition coefficient (Wildman–Crippen LogP) is 7.44. The van der Waals surface area contributed by atoms with E-state index in [2.05, 4.69) is 52.9 Å². The van der Waals surface area contributed by atoms with E-state index in [1.54, 1.807) is 0 Å². The molecule has 4 heterocycles. The van der Waals surface area contributed by atoms with Gasteiger partial charge in [-0.2, -0.15) is 0 Å². The SMILES string of the molecule is c1ccc2c(c1)oc1c3oc4ccccc4c3c3c(c4ccccc4c4nccn43)c21. The molecule has 0 spiro atoms. The second-order valence-corrected chi connectivity index (χ2v) is 7.99. The van der Waals surface area contributed by atoms with Gasteiger partial charge >= 0.3 is 0 Å². The lowest BCUT2D eigenvalue weighted by atomic mass is 9.97. The van der Waals surface area contributed by atoms with Gasteiger partial charge in [-0.05, 0) is 17.5 Å². The first-order valence-electron chi connectivity index (χ1n) is 10.3. The number of nitrogens with zero attached hydrogens (tertiary/aromatic N) is 2. The first kappa shape index (κ1) is 15.5. The Labute approximate surface area is 174 Å². The molecule has 4 heteroatoms. The average molecular weight is 398 g/mol.